The summed E-state index contributed by atoms with van der Waals surface area (Å²) in [6.45, 7) is 5.58. The van der Waals surface area contributed by atoms with Crippen LogP contribution in [0, 0.1) is 13.8 Å². The van der Waals surface area contributed by atoms with Crippen molar-refractivity contribution in [2.45, 2.75) is 58.7 Å². The number of hydrogen-bond acceptors (Lipinski definition) is 7. The summed E-state index contributed by atoms with van der Waals surface area (Å²) in [5.41, 5.74) is 1.67. The Kier molecular flexibility index (Phi) is 8.37. The fraction of sp³-hybridized carbons (Fsp3) is 0.409. The lowest BCUT2D eigenvalue weighted by atomic mass is 10.1. The van der Waals surface area contributed by atoms with E-state index in [1.807, 2.05) is 24.5 Å². The van der Waals surface area contributed by atoms with Gasteiger partial charge >= 0.3 is 6.18 Å². The first-order valence-corrected chi connectivity index (χ1v) is 12.3. The number of amides is 2. The van der Waals surface area contributed by atoms with Crippen LogP contribution in [0.15, 0.2) is 23.6 Å². The van der Waals surface area contributed by atoms with Gasteiger partial charge in [0.05, 0.1) is 33.4 Å². The second-order valence-electron chi connectivity index (χ2n) is 7.63. The number of aromatic nitrogens is 3. The van der Waals surface area contributed by atoms with Crippen molar-refractivity contribution in [3.05, 3.63) is 45.7 Å². The smallest absolute Gasteiger partial charge is 0.339 e. The number of nitrogens with one attached hydrogen (secondary N) is 2. The second-order valence-corrected chi connectivity index (χ2v) is 9.70. The zero-order valence-electron chi connectivity index (χ0n) is 18.8. The molecule has 2 N–H and O–H groups in total. The molecule has 0 bridgehead atoms. The molecule has 0 aliphatic rings. The van der Waals surface area contributed by atoms with Crippen molar-refractivity contribution < 1.29 is 22.8 Å². The van der Waals surface area contributed by atoms with Gasteiger partial charge < -0.3 is 10.6 Å². The second kappa shape index (κ2) is 11.0. The number of nitrogens with zero attached hydrogens (tertiary/aromatic N) is 3. The maximum atomic E-state index is 13.2. The summed E-state index contributed by atoms with van der Waals surface area (Å²) in [5.74, 6) is -1.33. The third-order valence-electron chi connectivity index (χ3n) is 4.81. The monoisotopic (exact) mass is 511 g/mol. The van der Waals surface area contributed by atoms with Crippen molar-refractivity contribution in [1.29, 1.82) is 0 Å². The molecule has 0 saturated carbocycles. The van der Waals surface area contributed by atoms with E-state index in [-0.39, 0.29) is 24.2 Å². The summed E-state index contributed by atoms with van der Waals surface area (Å²) in [7, 11) is 0. The predicted octanol–water partition coefficient (Wildman–Crippen LogP) is 5.31. The predicted molar refractivity (Wildman–Crippen MR) is 126 cm³/mol. The van der Waals surface area contributed by atoms with Gasteiger partial charge in [-0.2, -0.15) is 13.2 Å². The quantitative estimate of drug-likeness (QED) is 0.406. The van der Waals surface area contributed by atoms with Crippen LogP contribution in [0.4, 0.5) is 18.3 Å². The first-order valence-electron chi connectivity index (χ1n) is 10.6. The molecule has 3 aromatic rings. The number of halogens is 3. The third-order valence-corrected chi connectivity index (χ3v) is 6.67. The molecule has 3 rings (SSSR count). The van der Waals surface area contributed by atoms with Crippen LogP contribution < -0.4 is 10.6 Å². The molecule has 1 atom stereocenters. The number of hydrogen-bond donors (Lipinski definition) is 2. The van der Waals surface area contributed by atoms with E-state index in [0.717, 1.165) is 21.3 Å². The van der Waals surface area contributed by atoms with Gasteiger partial charge in [0.2, 0.25) is 5.91 Å². The fourth-order valence-corrected chi connectivity index (χ4v) is 4.87. The molecule has 12 heteroatoms. The van der Waals surface area contributed by atoms with E-state index in [1.54, 1.807) is 6.92 Å². The van der Waals surface area contributed by atoms with Gasteiger partial charge in [-0.25, -0.2) is 15.0 Å². The topological polar surface area (TPSA) is 96.9 Å². The summed E-state index contributed by atoms with van der Waals surface area (Å²) in [4.78, 5) is 38.6. The van der Waals surface area contributed by atoms with Crippen molar-refractivity contribution in [3.63, 3.8) is 0 Å². The number of aryl methyl sites for hydroxylation is 2. The Labute approximate surface area is 202 Å². The summed E-state index contributed by atoms with van der Waals surface area (Å²) >= 11 is 2.79. The van der Waals surface area contributed by atoms with Gasteiger partial charge in [-0.15, -0.1) is 22.7 Å². The Bertz CT molecular complexity index is 1160. The number of carbonyl (C=O) groups excluding carboxylic acids is 2. The minimum absolute atomic E-state index is 0.159. The number of carbonyl (C=O) groups is 2. The third kappa shape index (κ3) is 6.83. The molecule has 7 nitrogen and oxygen atoms in total. The molecule has 0 saturated heterocycles. The maximum Gasteiger partial charge on any atom is 0.408 e. The maximum absolute atomic E-state index is 13.2. The van der Waals surface area contributed by atoms with Gasteiger partial charge in [0.1, 0.15) is 11.7 Å². The van der Waals surface area contributed by atoms with E-state index in [4.69, 9.17) is 0 Å². The molecule has 0 spiro atoms. The average molecular weight is 512 g/mol. The molecule has 3 heterocycles. The van der Waals surface area contributed by atoms with Crippen molar-refractivity contribution in [3.8, 4) is 10.6 Å². The summed E-state index contributed by atoms with van der Waals surface area (Å²) in [5, 5.41) is 7.87. The number of thiazole rings is 2. The lowest BCUT2D eigenvalue weighted by Gasteiger charge is -2.21. The first-order chi connectivity index (χ1) is 16.1. The molecule has 3 aromatic heterocycles. The van der Waals surface area contributed by atoms with Gasteiger partial charge in [0.25, 0.3) is 5.91 Å². The van der Waals surface area contributed by atoms with Crippen LogP contribution in [-0.4, -0.2) is 39.0 Å². The summed E-state index contributed by atoms with van der Waals surface area (Å²) in [6.07, 6.45) is -4.00. The lowest BCUT2D eigenvalue weighted by molar-refractivity contribution is -0.155. The lowest BCUT2D eigenvalue weighted by Crippen LogP contribution is -2.45. The molecule has 0 aliphatic heterocycles. The largest absolute Gasteiger partial charge is 0.408 e. The van der Waals surface area contributed by atoms with Crippen molar-refractivity contribution >= 4 is 39.6 Å². The number of anilines is 1. The Hall–Kier alpha value is -2.86. The van der Waals surface area contributed by atoms with Gasteiger partial charge in [0, 0.05) is 5.38 Å². The molecule has 34 heavy (non-hydrogen) atoms. The Balaban J connectivity index is 1.63. The molecule has 182 valence electrons. The van der Waals surface area contributed by atoms with Gasteiger partial charge in [-0.3, -0.25) is 9.59 Å². The van der Waals surface area contributed by atoms with Crippen molar-refractivity contribution in [2.75, 3.05) is 5.32 Å². The van der Waals surface area contributed by atoms with Crippen LogP contribution >= 0.6 is 22.7 Å². The van der Waals surface area contributed by atoms with E-state index < -0.39 is 24.0 Å². The van der Waals surface area contributed by atoms with Gasteiger partial charge in [-0.05, 0) is 32.4 Å². The highest BCUT2D eigenvalue weighted by molar-refractivity contribution is 7.16. The SMILES string of the molecule is CCCC[C@H](NC(=O)c1cccc(CC(=O)Nc2nc(-c3sc(C)nc3C)cs2)n1)C(F)(F)F. The zero-order valence-corrected chi connectivity index (χ0v) is 20.5. The van der Waals surface area contributed by atoms with Crippen LogP contribution in [0.5, 0.6) is 0 Å². The zero-order chi connectivity index (χ0) is 24.9. The number of rotatable bonds is 9. The molecule has 0 aliphatic carbocycles. The van der Waals surface area contributed by atoms with Crippen LogP contribution in [0.2, 0.25) is 0 Å². The standard InChI is InChI=1S/C22H24F3N5O2S2/c1-4-5-9-17(22(23,24)25)29-20(32)15-8-6-7-14(27-15)10-18(31)30-21-28-16(11-33-21)19-12(2)26-13(3)34-19/h6-8,11,17H,4-5,9-10H2,1-3H3,(H,29,32)(H,28,30,31)/t17-/m0/s1. The molecule has 0 aromatic carbocycles. The molecular weight excluding hydrogens is 487 g/mol. The Morgan fingerprint density at radius 2 is 1.91 bits per heavy atom. The van der Waals surface area contributed by atoms with Crippen molar-refractivity contribution in [2.24, 2.45) is 0 Å². The normalized spacial score (nSPS) is 12.4. The van der Waals surface area contributed by atoms with E-state index >= 15 is 0 Å². The Morgan fingerprint density at radius 3 is 2.56 bits per heavy atom. The Morgan fingerprint density at radius 1 is 1.15 bits per heavy atom. The number of unbranched alkanes of at least 4 members (excludes halogenated alkanes) is 1. The number of alkyl halides is 3. The van der Waals surface area contributed by atoms with E-state index in [9.17, 15) is 22.8 Å². The highest BCUT2D eigenvalue weighted by atomic mass is 32.1. The molecule has 0 fully saturated rings. The van der Waals surface area contributed by atoms with E-state index in [0.29, 0.717) is 18.0 Å². The molecule has 0 radical (unpaired) electrons. The van der Waals surface area contributed by atoms with Gasteiger partial charge in [0.15, 0.2) is 5.13 Å². The fourth-order valence-electron chi connectivity index (χ4n) is 3.19. The summed E-state index contributed by atoms with van der Waals surface area (Å²) in [6, 6.07) is 2.39. The first kappa shape index (κ1) is 25.8. The van der Waals surface area contributed by atoms with Crippen LogP contribution in [0.1, 0.15) is 53.1 Å². The summed E-state index contributed by atoms with van der Waals surface area (Å²) < 4.78 is 39.6. The number of pyridine rings is 1. The van der Waals surface area contributed by atoms with Gasteiger partial charge in [-0.1, -0.05) is 25.8 Å². The van der Waals surface area contributed by atoms with Crippen molar-refractivity contribution in [1.82, 2.24) is 20.3 Å². The highest BCUT2D eigenvalue weighted by Crippen LogP contribution is 2.32. The van der Waals surface area contributed by atoms with Crippen LogP contribution in [0.3, 0.4) is 0 Å². The van der Waals surface area contributed by atoms with Crippen LogP contribution in [0.25, 0.3) is 10.6 Å². The van der Waals surface area contributed by atoms with Crippen LogP contribution in [-0.2, 0) is 11.2 Å². The molecule has 0 unspecified atom stereocenters. The minimum Gasteiger partial charge on any atom is -0.339 e. The molecular formula is C22H24F3N5O2S2. The average Bonchev–Trinajstić information content (AvgIpc) is 3.35. The highest BCUT2D eigenvalue weighted by Gasteiger charge is 2.40. The minimum atomic E-state index is -4.55. The molecule has 2 amide bonds. The van der Waals surface area contributed by atoms with E-state index in [2.05, 4.69) is 20.3 Å². The van der Waals surface area contributed by atoms with E-state index in [1.165, 1.54) is 40.9 Å².